The molecule has 29 heavy (non-hydrogen) atoms. The molecule has 0 aromatic heterocycles. The van der Waals surface area contributed by atoms with Gasteiger partial charge in [-0.1, -0.05) is 30.4 Å². The van der Waals surface area contributed by atoms with Crippen LogP contribution in [0.3, 0.4) is 0 Å². The summed E-state index contributed by atoms with van der Waals surface area (Å²) in [6, 6.07) is 0. The van der Waals surface area contributed by atoms with Crippen LogP contribution < -0.4 is 0 Å². The molecule has 0 spiro atoms. The minimum atomic E-state index is -0.971. The van der Waals surface area contributed by atoms with Crippen molar-refractivity contribution < 1.29 is 33.7 Å². The normalized spacial score (nSPS) is 25.4. The number of carbonyl (C=O) groups excluding carboxylic acids is 3. The van der Waals surface area contributed by atoms with Crippen molar-refractivity contribution in [3.05, 3.63) is 47.1 Å². The predicted octanol–water partition coefficient (Wildman–Crippen LogP) is 2.55. The molecule has 158 valence electrons. The van der Waals surface area contributed by atoms with Crippen LogP contribution in [0, 0.1) is 5.92 Å². The molecule has 1 saturated heterocycles. The number of rotatable bonds is 5. The van der Waals surface area contributed by atoms with Crippen molar-refractivity contribution in [3.8, 4) is 0 Å². The van der Waals surface area contributed by atoms with Gasteiger partial charge in [0.15, 0.2) is 0 Å². The van der Waals surface area contributed by atoms with Crippen LogP contribution in [-0.4, -0.2) is 48.4 Å². The molecule has 0 amide bonds. The third-order valence-corrected chi connectivity index (χ3v) is 5.01. The third-order valence-electron chi connectivity index (χ3n) is 5.01. The molecular weight excluding hydrogens is 376 g/mol. The van der Waals surface area contributed by atoms with Crippen LogP contribution in [0.4, 0.5) is 0 Å². The highest BCUT2D eigenvalue weighted by atomic mass is 16.6. The molecule has 1 fully saturated rings. The van der Waals surface area contributed by atoms with E-state index in [2.05, 4.69) is 12.7 Å². The lowest BCUT2D eigenvalue weighted by molar-refractivity contribution is -0.143. The summed E-state index contributed by atoms with van der Waals surface area (Å²) in [6.45, 7) is 8.48. The van der Waals surface area contributed by atoms with E-state index in [4.69, 9.17) is 14.2 Å². The van der Waals surface area contributed by atoms with E-state index in [0.29, 0.717) is 19.3 Å². The number of aliphatic hydroxyl groups excluding tert-OH is 1. The summed E-state index contributed by atoms with van der Waals surface area (Å²) < 4.78 is 15.6. The maximum atomic E-state index is 12.3. The Balaban J connectivity index is 2.11. The summed E-state index contributed by atoms with van der Waals surface area (Å²) in [5, 5.41) is 10.7. The summed E-state index contributed by atoms with van der Waals surface area (Å²) in [4.78, 5) is 35.1. The van der Waals surface area contributed by atoms with Gasteiger partial charge in [-0.2, -0.15) is 0 Å². The Hall–Kier alpha value is -2.67. The van der Waals surface area contributed by atoms with Gasteiger partial charge >= 0.3 is 17.9 Å². The van der Waals surface area contributed by atoms with Crippen molar-refractivity contribution in [2.75, 3.05) is 13.2 Å². The minimum Gasteiger partial charge on any atom is -0.461 e. The molecule has 2 rings (SSSR count). The molecule has 0 aromatic rings. The number of ether oxygens (including phenoxy) is 3. The Labute approximate surface area is 170 Å². The number of carbonyl (C=O) groups is 3. The molecule has 1 N–H and O–H groups in total. The molecule has 2 aliphatic rings. The lowest BCUT2D eigenvalue weighted by Crippen LogP contribution is -2.29. The molecule has 0 radical (unpaired) electrons. The molecule has 1 aliphatic heterocycles. The van der Waals surface area contributed by atoms with Crippen LogP contribution in [0.15, 0.2) is 47.1 Å². The molecule has 0 bridgehead atoms. The van der Waals surface area contributed by atoms with E-state index in [-0.39, 0.29) is 24.4 Å². The third kappa shape index (κ3) is 6.15. The monoisotopic (exact) mass is 404 g/mol. The summed E-state index contributed by atoms with van der Waals surface area (Å²) in [5.74, 6) is -2.10. The molecule has 3 unspecified atom stereocenters. The molecule has 7 heteroatoms. The molecule has 1 aliphatic carbocycles. The lowest BCUT2D eigenvalue weighted by atomic mass is 9.86. The Morgan fingerprint density at radius 1 is 1.38 bits per heavy atom. The van der Waals surface area contributed by atoms with E-state index in [0.717, 1.165) is 11.1 Å². The molecule has 1 heterocycles. The van der Waals surface area contributed by atoms with Crippen LogP contribution >= 0.6 is 0 Å². The number of hydrogen-bond acceptors (Lipinski definition) is 7. The van der Waals surface area contributed by atoms with E-state index in [9.17, 15) is 19.5 Å². The van der Waals surface area contributed by atoms with E-state index in [1.54, 1.807) is 13.0 Å². The highest BCUT2D eigenvalue weighted by Crippen LogP contribution is 2.35. The summed E-state index contributed by atoms with van der Waals surface area (Å²) >= 11 is 0. The fourth-order valence-corrected chi connectivity index (χ4v) is 3.39. The number of fused-ring (bicyclic) bond motifs is 1. The van der Waals surface area contributed by atoms with Crippen molar-refractivity contribution >= 4 is 17.9 Å². The second-order valence-electron chi connectivity index (χ2n) is 7.27. The number of allylic oxidation sites excluding steroid dienone is 2. The predicted molar refractivity (Wildman–Crippen MR) is 106 cm³/mol. The zero-order chi connectivity index (χ0) is 21.6. The van der Waals surface area contributed by atoms with Gasteiger partial charge in [0.25, 0.3) is 0 Å². The van der Waals surface area contributed by atoms with Crippen molar-refractivity contribution in [2.24, 2.45) is 5.92 Å². The van der Waals surface area contributed by atoms with Crippen LogP contribution in [0.25, 0.3) is 0 Å². The molecule has 7 nitrogen and oxygen atoms in total. The maximum Gasteiger partial charge on any atom is 0.337 e. The van der Waals surface area contributed by atoms with Crippen LogP contribution in [0.2, 0.25) is 0 Å². The Kier molecular flexibility index (Phi) is 7.96. The van der Waals surface area contributed by atoms with Gasteiger partial charge in [-0.05, 0) is 32.3 Å². The second-order valence-corrected chi connectivity index (χ2v) is 7.27. The second kappa shape index (κ2) is 10.2. The van der Waals surface area contributed by atoms with Crippen molar-refractivity contribution in [3.63, 3.8) is 0 Å². The Morgan fingerprint density at radius 2 is 2.10 bits per heavy atom. The van der Waals surface area contributed by atoms with Gasteiger partial charge in [-0.3, -0.25) is 4.79 Å². The summed E-state index contributed by atoms with van der Waals surface area (Å²) in [7, 11) is 0. The van der Waals surface area contributed by atoms with Gasteiger partial charge in [-0.15, -0.1) is 0 Å². The fraction of sp³-hybridized carbons (Fsp3) is 0.500. The van der Waals surface area contributed by atoms with Gasteiger partial charge < -0.3 is 19.3 Å². The molecule has 0 aromatic carbocycles. The van der Waals surface area contributed by atoms with Gasteiger partial charge in [0.2, 0.25) is 0 Å². The van der Waals surface area contributed by atoms with E-state index in [1.807, 2.05) is 6.92 Å². The SMILES string of the molecule is C=C1C(=O)OC2CC(C)=CCCC(COC(=O)C(=CC)COC(C)=O)=CC(O)C12. The van der Waals surface area contributed by atoms with Crippen molar-refractivity contribution in [2.45, 2.75) is 52.2 Å². The molecule has 3 atom stereocenters. The topological polar surface area (TPSA) is 99.1 Å². The zero-order valence-electron chi connectivity index (χ0n) is 17.1. The smallest absolute Gasteiger partial charge is 0.337 e. The van der Waals surface area contributed by atoms with E-state index in [1.165, 1.54) is 13.0 Å². The van der Waals surface area contributed by atoms with E-state index >= 15 is 0 Å². The zero-order valence-corrected chi connectivity index (χ0v) is 17.1. The van der Waals surface area contributed by atoms with Gasteiger partial charge in [0, 0.05) is 18.9 Å². The standard InChI is InChI=1S/C22H28O7/c1-5-17(12-27-15(4)23)22(26)28-11-16-8-6-7-13(2)9-19-20(18(24)10-16)14(3)21(25)29-19/h5,7,10,18-20,24H,3,6,8-9,11-12H2,1-2,4H3. The molecular formula is C22H28O7. The maximum absolute atomic E-state index is 12.3. The van der Waals surface area contributed by atoms with Gasteiger partial charge in [-0.25, -0.2) is 9.59 Å². The lowest BCUT2D eigenvalue weighted by Gasteiger charge is -2.23. The van der Waals surface area contributed by atoms with Crippen LogP contribution in [0.5, 0.6) is 0 Å². The number of hydrogen-bond donors (Lipinski definition) is 1. The van der Waals surface area contributed by atoms with Crippen molar-refractivity contribution in [1.29, 1.82) is 0 Å². The van der Waals surface area contributed by atoms with Crippen LogP contribution in [0.1, 0.15) is 40.0 Å². The first kappa shape index (κ1) is 22.6. The highest BCUT2D eigenvalue weighted by molar-refractivity contribution is 5.91. The first-order chi connectivity index (χ1) is 13.7. The minimum absolute atomic E-state index is 0.0150. The fourth-order valence-electron chi connectivity index (χ4n) is 3.39. The van der Waals surface area contributed by atoms with Crippen LogP contribution in [-0.2, 0) is 28.6 Å². The summed E-state index contributed by atoms with van der Waals surface area (Å²) in [6.07, 6.45) is 5.62. The average Bonchev–Trinajstić information content (AvgIpc) is 2.92. The summed E-state index contributed by atoms with van der Waals surface area (Å²) in [5.41, 5.74) is 2.28. The van der Waals surface area contributed by atoms with Gasteiger partial charge in [0.05, 0.1) is 17.6 Å². The first-order valence-electron chi connectivity index (χ1n) is 9.61. The first-order valence-corrected chi connectivity index (χ1v) is 9.61. The number of esters is 3. The van der Waals surface area contributed by atoms with E-state index < -0.39 is 36.0 Å². The Morgan fingerprint density at radius 3 is 2.76 bits per heavy atom. The number of aliphatic hydroxyl groups is 1. The van der Waals surface area contributed by atoms with Crippen molar-refractivity contribution in [1.82, 2.24) is 0 Å². The average molecular weight is 404 g/mol. The Bertz CT molecular complexity index is 772. The molecule has 0 saturated carbocycles. The van der Waals surface area contributed by atoms with Gasteiger partial charge in [0.1, 0.15) is 19.3 Å². The highest BCUT2D eigenvalue weighted by Gasteiger charge is 2.42. The quantitative estimate of drug-likeness (QED) is 0.325. The largest absolute Gasteiger partial charge is 0.461 e.